The number of carboxylic acids is 1. The summed E-state index contributed by atoms with van der Waals surface area (Å²) in [6, 6.07) is 0. The molecule has 2 rings (SSSR count). The van der Waals surface area contributed by atoms with Crippen LogP contribution < -0.4 is 11.2 Å². The molecule has 0 aliphatic heterocycles. The lowest BCUT2D eigenvalue weighted by molar-refractivity contribution is -0.136. The van der Waals surface area contributed by atoms with Crippen LogP contribution in [0.25, 0.3) is 10.9 Å². The van der Waals surface area contributed by atoms with E-state index in [9.17, 15) is 14.4 Å². The van der Waals surface area contributed by atoms with Crippen LogP contribution in [0.4, 0.5) is 0 Å². The topological polar surface area (TPSA) is 94.2 Å². The van der Waals surface area contributed by atoms with E-state index in [1.54, 1.807) is 0 Å². The van der Waals surface area contributed by atoms with E-state index in [-0.39, 0.29) is 11.8 Å². The van der Waals surface area contributed by atoms with E-state index in [1.807, 2.05) is 0 Å². The van der Waals surface area contributed by atoms with Crippen molar-refractivity contribution in [3.05, 3.63) is 38.8 Å². The minimum absolute atomic E-state index is 0.219. The maximum absolute atomic E-state index is 12.0. The van der Waals surface area contributed by atoms with E-state index >= 15 is 0 Å². The van der Waals surface area contributed by atoms with E-state index in [2.05, 4.69) is 4.98 Å². The molecule has 2 aromatic rings. The molecule has 0 bridgehead atoms. The highest BCUT2D eigenvalue weighted by molar-refractivity contribution is 5.84. The molecule has 0 unspecified atom stereocenters. The number of aromatic nitrogens is 3. The number of pyridine rings is 1. The standard InChI is InChI=1S/C11H11N3O4/c1-13-7-5-12-4-6(3-8(15)16)9(7)10(17)14(2)11(13)18/h4-5H,3H2,1-2H3,(H,15,16). The summed E-state index contributed by atoms with van der Waals surface area (Å²) in [6.45, 7) is 0. The van der Waals surface area contributed by atoms with Crippen molar-refractivity contribution in [1.82, 2.24) is 14.1 Å². The number of aliphatic carboxylic acids is 1. The van der Waals surface area contributed by atoms with Crippen molar-refractivity contribution >= 4 is 16.9 Å². The van der Waals surface area contributed by atoms with Crippen molar-refractivity contribution in [2.45, 2.75) is 6.42 Å². The zero-order valence-corrected chi connectivity index (χ0v) is 9.88. The first-order valence-electron chi connectivity index (χ1n) is 5.18. The number of rotatable bonds is 2. The van der Waals surface area contributed by atoms with Gasteiger partial charge in [0, 0.05) is 20.3 Å². The molecule has 0 aliphatic rings. The Morgan fingerprint density at radius 1 is 1.28 bits per heavy atom. The molecule has 0 saturated heterocycles. The quantitative estimate of drug-likeness (QED) is 0.756. The minimum Gasteiger partial charge on any atom is -0.481 e. The monoisotopic (exact) mass is 249 g/mol. The van der Waals surface area contributed by atoms with Crippen molar-refractivity contribution in [1.29, 1.82) is 0 Å². The van der Waals surface area contributed by atoms with Crippen molar-refractivity contribution < 1.29 is 9.90 Å². The highest BCUT2D eigenvalue weighted by Crippen LogP contribution is 2.11. The lowest BCUT2D eigenvalue weighted by Gasteiger charge is -2.09. The summed E-state index contributed by atoms with van der Waals surface area (Å²) in [5.41, 5.74) is -0.341. The SMILES string of the molecule is Cn1c(=O)c2c(CC(=O)O)cncc2n(C)c1=O. The van der Waals surface area contributed by atoms with Crippen LogP contribution in [0.1, 0.15) is 5.56 Å². The zero-order valence-electron chi connectivity index (χ0n) is 9.88. The van der Waals surface area contributed by atoms with Crippen LogP contribution >= 0.6 is 0 Å². The van der Waals surface area contributed by atoms with Gasteiger partial charge in [0.25, 0.3) is 5.56 Å². The summed E-state index contributed by atoms with van der Waals surface area (Å²) in [5.74, 6) is -1.06. The Morgan fingerprint density at radius 2 is 1.94 bits per heavy atom. The fraction of sp³-hybridized carbons (Fsp3) is 0.273. The fourth-order valence-corrected chi connectivity index (χ4v) is 1.87. The molecule has 7 nitrogen and oxygen atoms in total. The first-order valence-corrected chi connectivity index (χ1v) is 5.18. The van der Waals surface area contributed by atoms with Gasteiger partial charge in [-0.2, -0.15) is 0 Å². The van der Waals surface area contributed by atoms with Crippen LogP contribution in [0.2, 0.25) is 0 Å². The van der Waals surface area contributed by atoms with Gasteiger partial charge >= 0.3 is 11.7 Å². The molecule has 7 heteroatoms. The third-order valence-corrected chi connectivity index (χ3v) is 2.80. The maximum atomic E-state index is 12.0. The Morgan fingerprint density at radius 3 is 2.56 bits per heavy atom. The number of nitrogens with zero attached hydrogens (tertiary/aromatic N) is 3. The predicted molar refractivity (Wildman–Crippen MR) is 63.6 cm³/mol. The molecule has 94 valence electrons. The Bertz CT molecular complexity index is 757. The minimum atomic E-state index is -1.06. The third-order valence-electron chi connectivity index (χ3n) is 2.80. The maximum Gasteiger partial charge on any atom is 0.330 e. The number of hydrogen-bond donors (Lipinski definition) is 1. The van der Waals surface area contributed by atoms with Crippen LogP contribution in [-0.2, 0) is 25.3 Å². The van der Waals surface area contributed by atoms with E-state index in [0.717, 1.165) is 4.57 Å². The molecule has 0 aromatic carbocycles. The summed E-state index contributed by atoms with van der Waals surface area (Å²) in [4.78, 5) is 38.4. The second-order valence-electron chi connectivity index (χ2n) is 3.97. The fourth-order valence-electron chi connectivity index (χ4n) is 1.87. The Kier molecular flexibility index (Phi) is 2.74. The van der Waals surface area contributed by atoms with Crippen LogP contribution in [0, 0.1) is 0 Å². The number of carbonyl (C=O) groups is 1. The molecule has 1 N–H and O–H groups in total. The smallest absolute Gasteiger partial charge is 0.330 e. The zero-order chi connectivity index (χ0) is 13.4. The summed E-state index contributed by atoms with van der Waals surface area (Å²) < 4.78 is 2.22. The second-order valence-corrected chi connectivity index (χ2v) is 3.97. The van der Waals surface area contributed by atoms with Crippen LogP contribution in [-0.4, -0.2) is 25.2 Å². The first kappa shape index (κ1) is 12.0. The molecule has 0 radical (unpaired) electrons. The van der Waals surface area contributed by atoms with Gasteiger partial charge in [-0.25, -0.2) is 4.79 Å². The lowest BCUT2D eigenvalue weighted by Crippen LogP contribution is -2.37. The highest BCUT2D eigenvalue weighted by Gasteiger charge is 2.14. The van der Waals surface area contributed by atoms with Crippen molar-refractivity contribution in [2.75, 3.05) is 0 Å². The number of aryl methyl sites for hydroxylation is 1. The predicted octanol–water partition coefficient (Wildman–Crippen LogP) is -0.741. The van der Waals surface area contributed by atoms with Gasteiger partial charge in [0.15, 0.2) is 0 Å². The molecular formula is C11H11N3O4. The van der Waals surface area contributed by atoms with Gasteiger partial charge in [-0.1, -0.05) is 0 Å². The molecule has 0 aliphatic carbocycles. The largest absolute Gasteiger partial charge is 0.481 e. The van der Waals surface area contributed by atoms with Gasteiger partial charge in [-0.15, -0.1) is 0 Å². The molecule has 0 fully saturated rings. The van der Waals surface area contributed by atoms with Gasteiger partial charge in [-0.3, -0.25) is 23.7 Å². The van der Waals surface area contributed by atoms with E-state index in [0.29, 0.717) is 11.1 Å². The van der Waals surface area contributed by atoms with Gasteiger partial charge in [-0.05, 0) is 5.56 Å². The summed E-state index contributed by atoms with van der Waals surface area (Å²) >= 11 is 0. The average Bonchev–Trinajstić information content (AvgIpc) is 2.32. The molecule has 0 spiro atoms. The molecule has 2 aromatic heterocycles. The van der Waals surface area contributed by atoms with Crippen molar-refractivity contribution in [2.24, 2.45) is 14.1 Å². The van der Waals surface area contributed by atoms with E-state index < -0.39 is 17.2 Å². The number of fused-ring (bicyclic) bond motifs is 1. The third kappa shape index (κ3) is 1.69. The Hall–Kier alpha value is -2.44. The van der Waals surface area contributed by atoms with E-state index in [1.165, 1.54) is 31.1 Å². The molecule has 0 amide bonds. The molecule has 2 heterocycles. The van der Waals surface area contributed by atoms with Crippen LogP contribution in [0.5, 0.6) is 0 Å². The lowest BCUT2D eigenvalue weighted by atomic mass is 10.1. The summed E-state index contributed by atoms with van der Waals surface area (Å²) in [5, 5.41) is 9.02. The number of carboxylic acid groups (broad SMARTS) is 1. The first-order chi connectivity index (χ1) is 8.43. The van der Waals surface area contributed by atoms with Gasteiger partial charge in [0.05, 0.1) is 23.5 Å². The average molecular weight is 249 g/mol. The summed E-state index contributed by atoms with van der Waals surface area (Å²) in [6.07, 6.45) is 2.41. The Labute approximate surface area is 101 Å². The van der Waals surface area contributed by atoms with E-state index in [4.69, 9.17) is 5.11 Å². The Balaban J connectivity index is 2.98. The van der Waals surface area contributed by atoms with Crippen LogP contribution in [0.3, 0.4) is 0 Å². The van der Waals surface area contributed by atoms with Crippen LogP contribution in [0.15, 0.2) is 22.0 Å². The van der Waals surface area contributed by atoms with Crippen molar-refractivity contribution in [3.63, 3.8) is 0 Å². The van der Waals surface area contributed by atoms with Gasteiger partial charge in [0.1, 0.15) is 0 Å². The molecule has 0 saturated carbocycles. The molecule has 18 heavy (non-hydrogen) atoms. The van der Waals surface area contributed by atoms with Gasteiger partial charge in [0.2, 0.25) is 0 Å². The number of hydrogen-bond acceptors (Lipinski definition) is 4. The van der Waals surface area contributed by atoms with Crippen molar-refractivity contribution in [3.8, 4) is 0 Å². The molecule has 0 atom stereocenters. The normalized spacial score (nSPS) is 10.8. The molecular weight excluding hydrogens is 238 g/mol. The summed E-state index contributed by atoms with van der Waals surface area (Å²) in [7, 11) is 2.87. The highest BCUT2D eigenvalue weighted by atomic mass is 16.4. The van der Waals surface area contributed by atoms with Gasteiger partial charge < -0.3 is 5.11 Å². The second kappa shape index (κ2) is 4.10.